The number of nitrogens with one attached hydrogen (secondary N) is 1. The second kappa shape index (κ2) is 4.23. The van der Waals surface area contributed by atoms with Crippen LogP contribution in [0.25, 0.3) is 10.9 Å². The molecule has 0 radical (unpaired) electrons. The van der Waals surface area contributed by atoms with Crippen LogP contribution < -0.4 is 10.7 Å². The van der Waals surface area contributed by atoms with E-state index in [1.807, 2.05) is 36.0 Å². The van der Waals surface area contributed by atoms with Crippen molar-refractivity contribution in [3.05, 3.63) is 40.7 Å². The average Bonchev–Trinajstić information content (AvgIpc) is 2.29. The van der Waals surface area contributed by atoms with Crippen LogP contribution in [0, 0.1) is 0 Å². The molecule has 15 heavy (non-hydrogen) atoms. The largest absolute Gasteiger partial charge is 0.318 e. The van der Waals surface area contributed by atoms with Crippen molar-refractivity contribution in [1.29, 1.82) is 0 Å². The van der Waals surface area contributed by atoms with E-state index >= 15 is 0 Å². The van der Waals surface area contributed by atoms with E-state index in [1.54, 1.807) is 0 Å². The lowest BCUT2D eigenvalue weighted by atomic mass is 10.2. The molecule has 0 aliphatic rings. The fraction of sp³-hybridized carbons (Fsp3) is 0.273. The minimum Gasteiger partial charge on any atom is -0.318 e. The molecule has 0 aliphatic carbocycles. The molecule has 1 N–H and O–H groups in total. The van der Waals surface area contributed by atoms with Gasteiger partial charge in [-0.25, -0.2) is 0 Å². The number of hydrogen-bond acceptors (Lipinski definition) is 3. The number of benzene rings is 1. The molecule has 0 bridgehead atoms. The van der Waals surface area contributed by atoms with E-state index < -0.39 is 0 Å². The first-order chi connectivity index (χ1) is 7.33. The molecular weight excluding hydrogens is 190 g/mol. The summed E-state index contributed by atoms with van der Waals surface area (Å²) in [7, 11) is 1.89. The summed E-state index contributed by atoms with van der Waals surface area (Å²) in [5, 5.41) is 7.89. The summed E-state index contributed by atoms with van der Waals surface area (Å²) in [6.45, 7) is 1.59. The fourth-order valence-electron chi connectivity index (χ4n) is 1.56. The van der Waals surface area contributed by atoms with E-state index in [0.717, 1.165) is 24.0 Å². The van der Waals surface area contributed by atoms with Gasteiger partial charge in [0.25, 0.3) is 0 Å². The van der Waals surface area contributed by atoms with Crippen LogP contribution in [0.2, 0.25) is 0 Å². The Kier molecular flexibility index (Phi) is 2.78. The summed E-state index contributed by atoms with van der Waals surface area (Å²) in [4.78, 5) is 11.5. The Hall–Kier alpha value is -1.68. The van der Waals surface area contributed by atoms with Crippen molar-refractivity contribution in [3.63, 3.8) is 0 Å². The molecule has 0 saturated heterocycles. The van der Waals surface area contributed by atoms with E-state index in [4.69, 9.17) is 0 Å². The molecule has 0 saturated carbocycles. The molecule has 78 valence electrons. The Morgan fingerprint density at radius 2 is 2.20 bits per heavy atom. The van der Waals surface area contributed by atoms with Gasteiger partial charge in [-0.05, 0) is 19.2 Å². The van der Waals surface area contributed by atoms with Gasteiger partial charge >= 0.3 is 0 Å². The van der Waals surface area contributed by atoms with Gasteiger partial charge in [-0.2, -0.15) is 5.10 Å². The van der Waals surface area contributed by atoms with Crippen molar-refractivity contribution in [3.8, 4) is 0 Å². The highest BCUT2D eigenvalue weighted by Crippen LogP contribution is 2.06. The van der Waals surface area contributed by atoms with Gasteiger partial charge in [-0.15, -0.1) is 0 Å². The van der Waals surface area contributed by atoms with Crippen LogP contribution in [-0.4, -0.2) is 23.4 Å². The van der Waals surface area contributed by atoms with Crippen LogP contribution in [-0.2, 0) is 6.54 Å². The molecule has 1 aromatic heterocycles. The van der Waals surface area contributed by atoms with Crippen LogP contribution in [0.3, 0.4) is 0 Å². The number of rotatable bonds is 3. The molecule has 0 fully saturated rings. The van der Waals surface area contributed by atoms with E-state index in [1.165, 1.54) is 6.20 Å². The van der Waals surface area contributed by atoms with Crippen molar-refractivity contribution in [2.45, 2.75) is 6.54 Å². The molecule has 0 spiro atoms. The molecule has 2 aromatic rings. The maximum atomic E-state index is 11.5. The van der Waals surface area contributed by atoms with E-state index in [2.05, 4.69) is 10.4 Å². The van der Waals surface area contributed by atoms with Crippen molar-refractivity contribution in [2.24, 2.45) is 0 Å². The lowest BCUT2D eigenvalue weighted by molar-refractivity contribution is 0.592. The first-order valence-electron chi connectivity index (χ1n) is 4.92. The summed E-state index contributed by atoms with van der Waals surface area (Å²) in [5.41, 5.74) is 0.867. The van der Waals surface area contributed by atoms with Crippen molar-refractivity contribution in [1.82, 2.24) is 15.1 Å². The maximum Gasteiger partial charge on any atom is 0.207 e. The first kappa shape index (κ1) is 9.86. The van der Waals surface area contributed by atoms with Crippen molar-refractivity contribution >= 4 is 10.9 Å². The second-order valence-electron chi connectivity index (χ2n) is 3.35. The number of para-hydroxylation sites is 1. The van der Waals surface area contributed by atoms with Gasteiger partial charge in [0, 0.05) is 11.9 Å². The Bertz CT molecular complexity index is 518. The normalized spacial score (nSPS) is 10.7. The van der Waals surface area contributed by atoms with Crippen LogP contribution in [0.5, 0.6) is 0 Å². The zero-order valence-electron chi connectivity index (χ0n) is 8.60. The van der Waals surface area contributed by atoms with E-state index in [-0.39, 0.29) is 5.43 Å². The number of aromatic nitrogens is 2. The minimum atomic E-state index is -0.0219. The zero-order valence-corrected chi connectivity index (χ0v) is 8.60. The third-order valence-electron chi connectivity index (χ3n) is 2.34. The Balaban J connectivity index is 2.56. The summed E-state index contributed by atoms with van der Waals surface area (Å²) in [5.74, 6) is 0. The standard InChI is InChI=1S/C11H13N3O/c1-12-6-7-14-10-5-3-2-4-9(10)11(15)8-13-14/h2-5,8,12H,6-7H2,1H3. The van der Waals surface area contributed by atoms with Gasteiger partial charge in [0.05, 0.1) is 18.3 Å². The molecular formula is C11H13N3O. The van der Waals surface area contributed by atoms with Crippen molar-refractivity contribution < 1.29 is 0 Å². The third kappa shape index (κ3) is 1.89. The number of nitrogens with zero attached hydrogens (tertiary/aromatic N) is 2. The lowest BCUT2D eigenvalue weighted by Crippen LogP contribution is -2.19. The molecule has 2 rings (SSSR count). The summed E-state index contributed by atoms with van der Waals surface area (Å²) < 4.78 is 1.84. The predicted molar refractivity (Wildman–Crippen MR) is 59.9 cm³/mol. The maximum absolute atomic E-state index is 11.5. The molecule has 4 nitrogen and oxygen atoms in total. The van der Waals surface area contributed by atoms with Crippen LogP contribution in [0.1, 0.15) is 0 Å². The molecule has 1 heterocycles. The number of likely N-dealkylation sites (N-methyl/N-ethyl adjacent to an activating group) is 1. The first-order valence-corrected chi connectivity index (χ1v) is 4.92. The Morgan fingerprint density at radius 3 is 3.00 bits per heavy atom. The van der Waals surface area contributed by atoms with Gasteiger partial charge in [0.15, 0.2) is 0 Å². The average molecular weight is 203 g/mol. The smallest absolute Gasteiger partial charge is 0.207 e. The second-order valence-corrected chi connectivity index (χ2v) is 3.35. The molecule has 4 heteroatoms. The SMILES string of the molecule is CNCCn1ncc(=O)c2ccccc21. The summed E-state index contributed by atoms with van der Waals surface area (Å²) >= 11 is 0. The number of hydrogen-bond donors (Lipinski definition) is 1. The highest BCUT2D eigenvalue weighted by Gasteiger charge is 2.01. The highest BCUT2D eigenvalue weighted by molar-refractivity contribution is 5.77. The monoisotopic (exact) mass is 203 g/mol. The fourth-order valence-corrected chi connectivity index (χ4v) is 1.56. The molecule has 1 aromatic carbocycles. The molecule has 0 atom stereocenters. The van der Waals surface area contributed by atoms with Crippen molar-refractivity contribution in [2.75, 3.05) is 13.6 Å². The quantitative estimate of drug-likeness (QED) is 0.795. The van der Waals surface area contributed by atoms with Gasteiger partial charge in [-0.3, -0.25) is 9.48 Å². The van der Waals surface area contributed by atoms with Gasteiger partial charge in [-0.1, -0.05) is 12.1 Å². The molecule has 0 unspecified atom stereocenters. The van der Waals surface area contributed by atoms with Gasteiger partial charge in [0.2, 0.25) is 5.43 Å². The lowest BCUT2D eigenvalue weighted by Gasteiger charge is -2.07. The number of fused-ring (bicyclic) bond motifs is 1. The highest BCUT2D eigenvalue weighted by atomic mass is 16.1. The van der Waals surface area contributed by atoms with Crippen LogP contribution in [0.4, 0.5) is 0 Å². The predicted octanol–water partition coefficient (Wildman–Crippen LogP) is 0.616. The summed E-state index contributed by atoms with van der Waals surface area (Å²) in [6.07, 6.45) is 1.37. The minimum absolute atomic E-state index is 0.0219. The van der Waals surface area contributed by atoms with Gasteiger partial charge in [0.1, 0.15) is 0 Å². The van der Waals surface area contributed by atoms with Crippen LogP contribution >= 0.6 is 0 Å². The van der Waals surface area contributed by atoms with E-state index in [0.29, 0.717) is 0 Å². The summed E-state index contributed by atoms with van der Waals surface area (Å²) in [6, 6.07) is 7.53. The Morgan fingerprint density at radius 1 is 1.40 bits per heavy atom. The molecule has 0 amide bonds. The van der Waals surface area contributed by atoms with Crippen LogP contribution in [0.15, 0.2) is 35.3 Å². The van der Waals surface area contributed by atoms with E-state index in [9.17, 15) is 4.79 Å². The van der Waals surface area contributed by atoms with Gasteiger partial charge < -0.3 is 5.32 Å². The zero-order chi connectivity index (χ0) is 10.7. The molecule has 0 aliphatic heterocycles. The topological polar surface area (TPSA) is 46.9 Å². The Labute approximate surface area is 87.5 Å². The third-order valence-corrected chi connectivity index (χ3v) is 2.34.